The van der Waals surface area contributed by atoms with Gasteiger partial charge in [-0.05, 0) is 62.2 Å². The summed E-state index contributed by atoms with van der Waals surface area (Å²) < 4.78 is 35.0. The van der Waals surface area contributed by atoms with Crippen molar-refractivity contribution in [3.63, 3.8) is 0 Å². The summed E-state index contributed by atoms with van der Waals surface area (Å²) >= 11 is 5.91. The van der Waals surface area contributed by atoms with Crippen LogP contribution in [0.5, 0.6) is 5.75 Å². The largest absolute Gasteiger partial charge is 0.488 e. The summed E-state index contributed by atoms with van der Waals surface area (Å²) in [5.41, 5.74) is 0.773. The van der Waals surface area contributed by atoms with Crippen LogP contribution >= 0.6 is 11.6 Å². The molecule has 2 aromatic carbocycles. The fourth-order valence-electron chi connectivity index (χ4n) is 5.42. The Balaban J connectivity index is 1.59. The van der Waals surface area contributed by atoms with Gasteiger partial charge in [-0.25, -0.2) is 13.2 Å². The number of hydrogen-bond donors (Lipinski definition) is 3. The van der Waals surface area contributed by atoms with Gasteiger partial charge in [0.1, 0.15) is 11.9 Å². The number of hydrogen-bond acceptors (Lipinski definition) is 6. The van der Waals surface area contributed by atoms with Crippen molar-refractivity contribution in [1.82, 2.24) is 15.1 Å². The van der Waals surface area contributed by atoms with E-state index in [4.69, 9.17) is 16.3 Å². The summed E-state index contributed by atoms with van der Waals surface area (Å²) in [7, 11) is -2.18. The Labute approximate surface area is 253 Å². The Bertz CT molecular complexity index is 1350. The monoisotopic (exact) mass is 620 g/mol. The van der Waals surface area contributed by atoms with Gasteiger partial charge in [0.05, 0.1) is 30.5 Å². The van der Waals surface area contributed by atoms with Crippen LogP contribution in [-0.2, 0) is 21.2 Å². The van der Waals surface area contributed by atoms with Gasteiger partial charge in [-0.15, -0.1) is 0 Å². The van der Waals surface area contributed by atoms with Gasteiger partial charge >= 0.3 is 6.03 Å². The van der Waals surface area contributed by atoms with Crippen LogP contribution in [0.2, 0.25) is 5.02 Å². The molecule has 4 rings (SSSR count). The third-order valence-electron chi connectivity index (χ3n) is 8.03. The van der Waals surface area contributed by atoms with Crippen molar-refractivity contribution < 1.29 is 27.9 Å². The summed E-state index contributed by atoms with van der Waals surface area (Å²) in [5, 5.41) is 13.4. The molecule has 12 heteroatoms. The van der Waals surface area contributed by atoms with Crippen LogP contribution in [0, 0.1) is 5.92 Å². The second kappa shape index (κ2) is 14.0. The van der Waals surface area contributed by atoms with Gasteiger partial charge in [0.2, 0.25) is 5.91 Å². The van der Waals surface area contributed by atoms with Crippen LogP contribution in [0.3, 0.4) is 0 Å². The Morgan fingerprint density at radius 3 is 2.52 bits per heavy atom. The summed E-state index contributed by atoms with van der Waals surface area (Å²) in [6.45, 7) is 4.13. The average Bonchev–Trinajstić information content (AvgIpc) is 3.00. The van der Waals surface area contributed by atoms with Crippen molar-refractivity contribution in [2.24, 2.45) is 5.92 Å². The van der Waals surface area contributed by atoms with E-state index >= 15 is 0 Å². The van der Waals surface area contributed by atoms with Gasteiger partial charge in [0.15, 0.2) is 0 Å². The highest BCUT2D eigenvalue weighted by molar-refractivity contribution is 7.92. The Morgan fingerprint density at radius 2 is 1.86 bits per heavy atom. The molecule has 0 unspecified atom stereocenters. The molecule has 1 saturated carbocycles. The Morgan fingerprint density at radius 1 is 1.17 bits per heavy atom. The zero-order chi connectivity index (χ0) is 30.4. The van der Waals surface area contributed by atoms with Gasteiger partial charge < -0.3 is 25.0 Å². The van der Waals surface area contributed by atoms with E-state index in [1.54, 1.807) is 42.0 Å². The maximum atomic E-state index is 13.5. The molecule has 3 N–H and O–H groups in total. The maximum absolute atomic E-state index is 13.5. The third kappa shape index (κ3) is 8.08. The molecule has 3 amide bonds. The lowest BCUT2D eigenvalue weighted by Gasteiger charge is -2.34. The fraction of sp³-hybridized carbons (Fsp3) is 0.533. The first-order chi connectivity index (χ1) is 20.0. The molecule has 0 radical (unpaired) electrons. The van der Waals surface area contributed by atoms with Crippen LogP contribution in [0.15, 0.2) is 47.4 Å². The molecule has 3 atom stereocenters. The predicted molar refractivity (Wildman–Crippen MR) is 162 cm³/mol. The maximum Gasteiger partial charge on any atom is 0.317 e. The number of aliphatic hydroxyl groups is 1. The number of likely N-dealkylation sites (N-methyl/N-ethyl adjacent to an activating group) is 1. The molecule has 0 aromatic heterocycles. The van der Waals surface area contributed by atoms with Gasteiger partial charge in [0.25, 0.3) is 10.0 Å². The third-order valence-corrected chi connectivity index (χ3v) is 9.68. The minimum atomic E-state index is -3.91. The van der Waals surface area contributed by atoms with Crippen LogP contribution in [-0.4, -0.2) is 80.2 Å². The van der Waals surface area contributed by atoms with Crippen molar-refractivity contribution in [3.8, 4) is 5.75 Å². The number of nitrogens with zero attached hydrogens (tertiary/aromatic N) is 2. The summed E-state index contributed by atoms with van der Waals surface area (Å²) in [5.74, 6) is 0.0474. The highest BCUT2D eigenvalue weighted by Gasteiger charge is 2.32. The molecule has 42 heavy (non-hydrogen) atoms. The van der Waals surface area contributed by atoms with E-state index in [0.29, 0.717) is 22.9 Å². The van der Waals surface area contributed by atoms with Crippen LogP contribution in [0.4, 0.5) is 10.5 Å². The SMILES string of the molecule is C[C@H](CO)N1C[C@H](C)[C@@H](CN(C)C(=O)NC2CCCCC2)Oc2ccc(NS(=O)(=O)c3ccc(Cl)cc3)cc2CC1=O. The number of urea groups is 1. The number of carbonyl (C=O) groups excluding carboxylic acids is 2. The number of ether oxygens (including phenoxy) is 1. The van der Waals surface area contributed by atoms with E-state index < -0.39 is 22.2 Å². The molecule has 0 saturated heterocycles. The van der Waals surface area contributed by atoms with Gasteiger partial charge in [-0.3, -0.25) is 9.52 Å². The zero-order valence-corrected chi connectivity index (χ0v) is 26.0. The molecule has 1 aliphatic heterocycles. The van der Waals surface area contributed by atoms with Crippen molar-refractivity contribution in [2.45, 2.75) is 75.5 Å². The first-order valence-electron chi connectivity index (χ1n) is 14.5. The van der Waals surface area contributed by atoms with E-state index in [9.17, 15) is 23.1 Å². The quantitative estimate of drug-likeness (QED) is 0.405. The number of benzene rings is 2. The highest BCUT2D eigenvalue weighted by Crippen LogP contribution is 2.30. The topological polar surface area (TPSA) is 128 Å². The number of fused-ring (bicyclic) bond motifs is 1. The van der Waals surface area contributed by atoms with E-state index in [-0.39, 0.29) is 54.1 Å². The molecular formula is C30H41ClN4O6S. The first-order valence-corrected chi connectivity index (χ1v) is 16.3. The normalized spacial score (nSPS) is 20.8. The molecule has 2 aliphatic rings. The molecule has 230 valence electrons. The predicted octanol–water partition coefficient (Wildman–Crippen LogP) is 4.26. The summed E-state index contributed by atoms with van der Waals surface area (Å²) in [4.78, 5) is 29.8. The van der Waals surface area contributed by atoms with E-state index in [1.807, 2.05) is 6.92 Å². The molecule has 0 bridgehead atoms. The van der Waals surface area contributed by atoms with Crippen molar-refractivity contribution in [3.05, 3.63) is 53.1 Å². The van der Waals surface area contributed by atoms with E-state index in [1.165, 1.54) is 30.7 Å². The first kappa shape index (κ1) is 31.9. The fourth-order valence-corrected chi connectivity index (χ4v) is 6.60. The van der Waals surface area contributed by atoms with Crippen LogP contribution in [0.1, 0.15) is 51.5 Å². The lowest BCUT2D eigenvalue weighted by atomic mass is 9.96. The number of anilines is 1. The number of aliphatic hydroxyl groups excluding tert-OH is 1. The second-order valence-electron chi connectivity index (χ2n) is 11.4. The lowest BCUT2D eigenvalue weighted by molar-refractivity contribution is -0.134. The second-order valence-corrected chi connectivity index (χ2v) is 13.6. The lowest BCUT2D eigenvalue weighted by Crippen LogP contribution is -2.50. The smallest absolute Gasteiger partial charge is 0.317 e. The number of rotatable bonds is 8. The summed E-state index contributed by atoms with van der Waals surface area (Å²) in [6, 6.07) is 10.2. The number of nitrogens with one attached hydrogen (secondary N) is 2. The molecule has 0 spiro atoms. The number of sulfonamides is 1. The van der Waals surface area contributed by atoms with E-state index in [0.717, 1.165) is 25.7 Å². The zero-order valence-electron chi connectivity index (χ0n) is 24.4. The molecule has 1 fully saturated rings. The van der Waals surface area contributed by atoms with Crippen molar-refractivity contribution >= 4 is 39.2 Å². The highest BCUT2D eigenvalue weighted by atomic mass is 35.5. The Kier molecular flexibility index (Phi) is 10.6. The molecule has 1 aliphatic carbocycles. The van der Waals surface area contributed by atoms with Crippen molar-refractivity contribution in [2.75, 3.05) is 31.5 Å². The standard InChI is InChI=1S/C30H41ClN4O6S/c1-20-17-35(21(2)19-36)29(37)16-22-15-25(33-42(39,40)26-12-9-23(31)10-13-26)11-14-27(22)41-28(20)18-34(3)30(38)32-24-7-5-4-6-8-24/h9-15,20-21,24,28,33,36H,4-8,16-19H2,1-3H3,(H,32,38)/t20-,21+,28+/m0/s1. The van der Waals surface area contributed by atoms with Gasteiger partial charge in [-0.1, -0.05) is 37.8 Å². The van der Waals surface area contributed by atoms with E-state index in [2.05, 4.69) is 10.0 Å². The molecule has 10 nitrogen and oxygen atoms in total. The molecule has 2 aromatic rings. The number of amides is 3. The molecule has 1 heterocycles. The average molecular weight is 621 g/mol. The minimum absolute atomic E-state index is 0.0480. The number of halogens is 1. The van der Waals surface area contributed by atoms with Crippen LogP contribution in [0.25, 0.3) is 0 Å². The van der Waals surface area contributed by atoms with Gasteiger partial charge in [-0.2, -0.15) is 0 Å². The number of carbonyl (C=O) groups is 2. The molecular weight excluding hydrogens is 580 g/mol. The van der Waals surface area contributed by atoms with Crippen molar-refractivity contribution in [1.29, 1.82) is 0 Å². The Hall–Kier alpha value is -3.02. The van der Waals surface area contributed by atoms with Crippen LogP contribution < -0.4 is 14.8 Å². The van der Waals surface area contributed by atoms with Gasteiger partial charge in [0, 0.05) is 41.8 Å². The summed E-state index contributed by atoms with van der Waals surface area (Å²) in [6.07, 6.45) is 4.85. The minimum Gasteiger partial charge on any atom is -0.488 e.